The molecule has 20 heavy (non-hydrogen) atoms. The summed E-state index contributed by atoms with van der Waals surface area (Å²) in [5.41, 5.74) is 0.411. The molecule has 1 heterocycles. The molecule has 110 valence electrons. The molecule has 1 atom stereocenters. The highest BCUT2D eigenvalue weighted by atomic mass is 16.5. The Morgan fingerprint density at radius 1 is 1.40 bits per heavy atom. The Kier molecular flexibility index (Phi) is 5.20. The minimum Gasteiger partial charge on any atom is -0.496 e. The zero-order valence-corrected chi connectivity index (χ0v) is 11.8. The summed E-state index contributed by atoms with van der Waals surface area (Å²) in [6.45, 7) is 2.62. The summed E-state index contributed by atoms with van der Waals surface area (Å²) in [6, 6.07) is 5.39. The summed E-state index contributed by atoms with van der Waals surface area (Å²) < 4.78 is 15.8. The highest BCUT2D eigenvalue weighted by Gasteiger charge is 2.20. The van der Waals surface area contributed by atoms with Crippen molar-refractivity contribution in [1.29, 1.82) is 0 Å². The molecule has 1 aliphatic heterocycles. The third-order valence-electron chi connectivity index (χ3n) is 3.16. The zero-order chi connectivity index (χ0) is 14.4. The van der Waals surface area contributed by atoms with E-state index in [1.807, 2.05) is 0 Å². The SMILES string of the molecule is COc1cccc(OC)c1C(=O)NCC1COCCN1. The fourth-order valence-corrected chi connectivity index (χ4v) is 2.13. The molecule has 0 spiro atoms. The fraction of sp³-hybridized carbons (Fsp3) is 0.500. The maximum absolute atomic E-state index is 12.3. The van der Waals surface area contributed by atoms with Crippen LogP contribution in [0.4, 0.5) is 0 Å². The first kappa shape index (κ1) is 14.6. The number of hydrogen-bond donors (Lipinski definition) is 2. The molecule has 0 bridgehead atoms. The van der Waals surface area contributed by atoms with Gasteiger partial charge in [0.2, 0.25) is 0 Å². The second-order valence-corrected chi connectivity index (χ2v) is 4.47. The first-order valence-corrected chi connectivity index (χ1v) is 6.56. The van der Waals surface area contributed by atoms with Crippen LogP contribution in [-0.4, -0.2) is 52.5 Å². The van der Waals surface area contributed by atoms with Crippen molar-refractivity contribution in [3.8, 4) is 11.5 Å². The highest BCUT2D eigenvalue weighted by molar-refractivity contribution is 5.99. The largest absolute Gasteiger partial charge is 0.496 e. The van der Waals surface area contributed by atoms with Crippen LogP contribution >= 0.6 is 0 Å². The first-order valence-electron chi connectivity index (χ1n) is 6.56. The second kappa shape index (κ2) is 7.12. The van der Waals surface area contributed by atoms with E-state index in [0.29, 0.717) is 36.8 Å². The van der Waals surface area contributed by atoms with Crippen LogP contribution in [0.25, 0.3) is 0 Å². The van der Waals surface area contributed by atoms with Crippen molar-refractivity contribution in [3.63, 3.8) is 0 Å². The Balaban J connectivity index is 2.04. The van der Waals surface area contributed by atoms with Gasteiger partial charge in [-0.1, -0.05) is 6.07 Å². The summed E-state index contributed by atoms with van der Waals surface area (Å²) in [5, 5.41) is 6.16. The lowest BCUT2D eigenvalue weighted by Gasteiger charge is -2.24. The van der Waals surface area contributed by atoms with Gasteiger partial charge < -0.3 is 24.8 Å². The maximum atomic E-state index is 12.3. The monoisotopic (exact) mass is 280 g/mol. The lowest BCUT2D eigenvalue weighted by atomic mass is 10.1. The van der Waals surface area contributed by atoms with E-state index in [0.717, 1.165) is 6.54 Å². The number of benzene rings is 1. The number of carbonyl (C=O) groups is 1. The van der Waals surface area contributed by atoms with Crippen molar-refractivity contribution in [3.05, 3.63) is 23.8 Å². The van der Waals surface area contributed by atoms with Crippen LogP contribution in [-0.2, 0) is 4.74 Å². The van der Waals surface area contributed by atoms with Crippen LogP contribution in [0.2, 0.25) is 0 Å². The van der Waals surface area contributed by atoms with Crippen LogP contribution in [0.3, 0.4) is 0 Å². The van der Waals surface area contributed by atoms with Gasteiger partial charge in [-0.3, -0.25) is 4.79 Å². The van der Waals surface area contributed by atoms with Gasteiger partial charge in [-0.05, 0) is 12.1 Å². The van der Waals surface area contributed by atoms with Crippen LogP contribution < -0.4 is 20.1 Å². The van der Waals surface area contributed by atoms with Crippen LogP contribution in [0.5, 0.6) is 11.5 Å². The summed E-state index contributed by atoms with van der Waals surface area (Å²) in [7, 11) is 3.06. The Morgan fingerprint density at radius 3 is 2.65 bits per heavy atom. The molecule has 1 aromatic carbocycles. The molecule has 6 nitrogen and oxygen atoms in total. The molecule has 0 aromatic heterocycles. The predicted octanol–water partition coefficient (Wildman–Crippen LogP) is 0.422. The van der Waals surface area contributed by atoms with Crippen LogP contribution in [0.15, 0.2) is 18.2 Å². The summed E-state index contributed by atoms with van der Waals surface area (Å²) in [4.78, 5) is 12.3. The maximum Gasteiger partial charge on any atom is 0.258 e. The number of morpholine rings is 1. The summed E-state index contributed by atoms with van der Waals surface area (Å²) >= 11 is 0. The number of amides is 1. The molecule has 1 amide bonds. The van der Waals surface area contributed by atoms with Crippen molar-refractivity contribution in [2.24, 2.45) is 0 Å². The molecule has 1 unspecified atom stereocenters. The van der Waals surface area contributed by atoms with Crippen molar-refractivity contribution in [2.75, 3.05) is 40.5 Å². The molecular weight excluding hydrogens is 260 g/mol. The Hall–Kier alpha value is -1.79. The average Bonchev–Trinajstić information content (AvgIpc) is 2.52. The van der Waals surface area contributed by atoms with Gasteiger partial charge in [-0.15, -0.1) is 0 Å². The predicted molar refractivity (Wildman–Crippen MR) is 74.5 cm³/mol. The van der Waals surface area contributed by atoms with Crippen molar-refractivity contribution in [2.45, 2.75) is 6.04 Å². The van der Waals surface area contributed by atoms with E-state index in [4.69, 9.17) is 14.2 Å². The lowest BCUT2D eigenvalue weighted by molar-refractivity contribution is 0.0733. The van der Waals surface area contributed by atoms with Gasteiger partial charge in [0.05, 0.1) is 27.4 Å². The van der Waals surface area contributed by atoms with E-state index < -0.39 is 0 Å². The molecule has 0 aliphatic carbocycles. The summed E-state index contributed by atoms with van der Waals surface area (Å²) in [6.07, 6.45) is 0. The number of carbonyl (C=O) groups excluding carboxylic acids is 1. The molecule has 6 heteroatoms. The third-order valence-corrected chi connectivity index (χ3v) is 3.16. The normalized spacial score (nSPS) is 18.4. The number of nitrogens with one attached hydrogen (secondary N) is 2. The first-order chi connectivity index (χ1) is 9.76. The average molecular weight is 280 g/mol. The van der Waals surface area contributed by atoms with Gasteiger partial charge in [0.1, 0.15) is 17.1 Å². The zero-order valence-electron chi connectivity index (χ0n) is 11.8. The van der Waals surface area contributed by atoms with Gasteiger partial charge in [-0.25, -0.2) is 0 Å². The molecule has 2 N–H and O–H groups in total. The number of methoxy groups -OCH3 is 2. The molecule has 0 saturated carbocycles. The molecule has 1 aliphatic rings. The number of ether oxygens (including phenoxy) is 3. The minimum absolute atomic E-state index is 0.133. The smallest absolute Gasteiger partial charge is 0.258 e. The Bertz CT molecular complexity index is 436. The Morgan fingerprint density at radius 2 is 2.10 bits per heavy atom. The minimum atomic E-state index is -0.216. The van der Waals surface area contributed by atoms with Gasteiger partial charge in [-0.2, -0.15) is 0 Å². The van der Waals surface area contributed by atoms with Crippen LogP contribution in [0, 0.1) is 0 Å². The van der Waals surface area contributed by atoms with E-state index in [-0.39, 0.29) is 11.9 Å². The topological polar surface area (TPSA) is 68.8 Å². The molecule has 1 aromatic rings. The van der Waals surface area contributed by atoms with Crippen LogP contribution in [0.1, 0.15) is 10.4 Å². The van der Waals surface area contributed by atoms with Crippen molar-refractivity contribution in [1.82, 2.24) is 10.6 Å². The number of rotatable bonds is 5. The van der Waals surface area contributed by atoms with Gasteiger partial charge in [0.25, 0.3) is 5.91 Å². The third kappa shape index (κ3) is 3.40. The molecule has 0 radical (unpaired) electrons. The van der Waals surface area contributed by atoms with E-state index in [2.05, 4.69) is 10.6 Å². The molecule has 2 rings (SSSR count). The van der Waals surface area contributed by atoms with E-state index in [1.54, 1.807) is 18.2 Å². The number of hydrogen-bond acceptors (Lipinski definition) is 5. The van der Waals surface area contributed by atoms with Gasteiger partial charge in [0, 0.05) is 19.1 Å². The highest BCUT2D eigenvalue weighted by Crippen LogP contribution is 2.27. The van der Waals surface area contributed by atoms with E-state index >= 15 is 0 Å². The molecule has 1 fully saturated rings. The van der Waals surface area contributed by atoms with Gasteiger partial charge in [0.15, 0.2) is 0 Å². The second-order valence-electron chi connectivity index (χ2n) is 4.47. The van der Waals surface area contributed by atoms with Crippen molar-refractivity contribution < 1.29 is 19.0 Å². The summed E-state index contributed by atoms with van der Waals surface area (Å²) in [5.74, 6) is 0.774. The van der Waals surface area contributed by atoms with Crippen molar-refractivity contribution >= 4 is 5.91 Å². The molecule has 1 saturated heterocycles. The lowest BCUT2D eigenvalue weighted by Crippen LogP contribution is -2.48. The quantitative estimate of drug-likeness (QED) is 0.818. The fourth-order valence-electron chi connectivity index (χ4n) is 2.13. The Labute approximate surface area is 118 Å². The van der Waals surface area contributed by atoms with E-state index in [1.165, 1.54) is 14.2 Å². The standard InChI is InChI=1S/C14H20N2O4/c1-18-11-4-3-5-12(19-2)13(11)14(17)16-8-10-9-20-7-6-15-10/h3-5,10,15H,6-9H2,1-2H3,(H,16,17). The molecular formula is C14H20N2O4. The van der Waals surface area contributed by atoms with E-state index in [9.17, 15) is 4.79 Å². The van der Waals surface area contributed by atoms with Gasteiger partial charge >= 0.3 is 0 Å².